The normalized spacial score (nSPS) is 17.3. The van der Waals surface area contributed by atoms with E-state index in [-0.39, 0.29) is 17.3 Å². The van der Waals surface area contributed by atoms with E-state index < -0.39 is 17.6 Å². The fourth-order valence-corrected chi connectivity index (χ4v) is 4.17. The Balaban J connectivity index is 1.81. The van der Waals surface area contributed by atoms with Crippen LogP contribution in [0.1, 0.15) is 68.1 Å². The van der Waals surface area contributed by atoms with Crippen LogP contribution in [0.4, 0.5) is 24.5 Å². The van der Waals surface area contributed by atoms with E-state index in [4.69, 9.17) is 10.7 Å². The van der Waals surface area contributed by atoms with E-state index in [1.807, 2.05) is 26.0 Å². The highest BCUT2D eigenvalue weighted by molar-refractivity contribution is 6.05. The summed E-state index contributed by atoms with van der Waals surface area (Å²) >= 11 is 0. The molecule has 186 valence electrons. The Hall–Kier alpha value is -3.55. The highest BCUT2D eigenvalue weighted by Gasteiger charge is 2.31. The third-order valence-corrected chi connectivity index (χ3v) is 5.66. The first kappa shape index (κ1) is 26.1. The molecule has 8 heteroatoms. The minimum Gasteiger partial charge on any atom is -0.399 e. The molecule has 0 aliphatic carbocycles. The van der Waals surface area contributed by atoms with Crippen molar-refractivity contribution in [2.24, 2.45) is 10.9 Å². The van der Waals surface area contributed by atoms with Crippen LogP contribution in [0.3, 0.4) is 0 Å². The maximum Gasteiger partial charge on any atom is 0.416 e. The molecule has 2 aromatic carbocycles. The molecule has 0 fully saturated rings. The summed E-state index contributed by atoms with van der Waals surface area (Å²) in [6, 6.07) is 9.99. The van der Waals surface area contributed by atoms with Gasteiger partial charge >= 0.3 is 6.18 Å². The van der Waals surface area contributed by atoms with E-state index in [1.165, 1.54) is 11.6 Å². The zero-order valence-electron chi connectivity index (χ0n) is 20.3. The summed E-state index contributed by atoms with van der Waals surface area (Å²) in [4.78, 5) is 17.4. The largest absolute Gasteiger partial charge is 0.416 e. The number of allylic oxidation sites excluding steroid dienone is 3. The topological polar surface area (TPSA) is 79.5 Å². The summed E-state index contributed by atoms with van der Waals surface area (Å²) in [7, 11) is 0. The van der Waals surface area contributed by atoms with Crippen LogP contribution in [0.2, 0.25) is 0 Å². The lowest BCUT2D eigenvalue weighted by Gasteiger charge is -2.22. The number of carbonyl (C=O) groups excluding carboxylic acids is 1. The number of carbonyl (C=O) groups is 1. The maximum absolute atomic E-state index is 13.1. The molecule has 1 aliphatic heterocycles. The number of halogens is 3. The van der Waals surface area contributed by atoms with Gasteiger partial charge in [-0.05, 0) is 80.7 Å². The van der Waals surface area contributed by atoms with Gasteiger partial charge in [-0.15, -0.1) is 0 Å². The van der Waals surface area contributed by atoms with Crippen molar-refractivity contribution in [3.05, 3.63) is 82.7 Å². The molecule has 1 unspecified atom stereocenters. The third kappa shape index (κ3) is 7.21. The lowest BCUT2D eigenvalue weighted by atomic mass is 9.99. The molecule has 4 N–H and O–H groups in total. The minimum atomic E-state index is -4.59. The lowest BCUT2D eigenvalue weighted by molar-refractivity contribution is -0.137. The molecule has 1 heterocycles. The molecule has 2 atom stereocenters. The average Bonchev–Trinajstić information content (AvgIpc) is 2.75. The molecule has 0 saturated heterocycles. The van der Waals surface area contributed by atoms with E-state index in [0.717, 1.165) is 42.1 Å². The Kier molecular flexibility index (Phi) is 8.04. The van der Waals surface area contributed by atoms with Gasteiger partial charge in [-0.1, -0.05) is 31.6 Å². The van der Waals surface area contributed by atoms with Crippen LogP contribution in [0.15, 0.2) is 71.0 Å². The number of nitrogens with one attached hydrogen (secondary N) is 2. The van der Waals surface area contributed by atoms with Crippen molar-refractivity contribution in [3.63, 3.8) is 0 Å². The minimum absolute atomic E-state index is 0.0736. The van der Waals surface area contributed by atoms with E-state index in [1.54, 1.807) is 12.1 Å². The number of nitrogens with two attached hydrogens (primary N) is 1. The van der Waals surface area contributed by atoms with Crippen molar-refractivity contribution in [2.45, 2.75) is 52.8 Å². The van der Waals surface area contributed by atoms with Crippen LogP contribution < -0.4 is 16.4 Å². The molecule has 2 aromatic rings. The number of amides is 1. The highest BCUT2D eigenvalue weighted by Crippen LogP contribution is 2.31. The molecular formula is C27H31F3N4O. The van der Waals surface area contributed by atoms with Crippen molar-refractivity contribution >= 4 is 23.0 Å². The lowest BCUT2D eigenvalue weighted by Crippen LogP contribution is -2.21. The number of anilines is 2. The fourth-order valence-electron chi connectivity index (χ4n) is 4.17. The van der Waals surface area contributed by atoms with E-state index in [9.17, 15) is 18.0 Å². The second kappa shape index (κ2) is 10.8. The van der Waals surface area contributed by atoms with Crippen molar-refractivity contribution in [1.82, 2.24) is 5.32 Å². The van der Waals surface area contributed by atoms with Crippen molar-refractivity contribution in [1.29, 1.82) is 0 Å². The van der Waals surface area contributed by atoms with Crippen molar-refractivity contribution < 1.29 is 18.0 Å². The highest BCUT2D eigenvalue weighted by atomic mass is 19.4. The zero-order chi connectivity index (χ0) is 25.8. The SMILES string of the molecule is CC[C@H](NC1=CC(C)CC(C)=CC(C)=N1)c1cccc(NC(=O)c2cc(N)cc(C(F)(F)F)c2)c1. The van der Waals surface area contributed by atoms with Crippen LogP contribution in [0.25, 0.3) is 0 Å². The van der Waals surface area contributed by atoms with Crippen molar-refractivity contribution in [3.8, 4) is 0 Å². The van der Waals surface area contributed by atoms with Gasteiger partial charge in [-0.2, -0.15) is 13.2 Å². The van der Waals surface area contributed by atoms with Gasteiger partial charge in [-0.3, -0.25) is 4.79 Å². The molecular weight excluding hydrogens is 453 g/mol. The first-order valence-electron chi connectivity index (χ1n) is 11.5. The molecule has 0 radical (unpaired) electrons. The monoisotopic (exact) mass is 484 g/mol. The quantitative estimate of drug-likeness (QED) is 0.392. The van der Waals surface area contributed by atoms with Gasteiger partial charge in [0.15, 0.2) is 0 Å². The number of rotatable bonds is 6. The smallest absolute Gasteiger partial charge is 0.399 e. The van der Waals surface area contributed by atoms with Crippen LogP contribution in [-0.2, 0) is 6.18 Å². The van der Waals surface area contributed by atoms with Gasteiger partial charge in [0, 0.05) is 22.6 Å². The van der Waals surface area contributed by atoms with Gasteiger partial charge in [0.1, 0.15) is 5.82 Å². The van der Waals surface area contributed by atoms with Gasteiger partial charge in [0.2, 0.25) is 0 Å². The van der Waals surface area contributed by atoms with E-state index in [0.29, 0.717) is 11.6 Å². The maximum atomic E-state index is 13.1. The molecule has 3 rings (SSSR count). The molecule has 0 spiro atoms. The Morgan fingerprint density at radius 3 is 2.63 bits per heavy atom. The van der Waals surface area contributed by atoms with Crippen molar-refractivity contribution in [2.75, 3.05) is 11.1 Å². The number of hydrogen-bond donors (Lipinski definition) is 3. The Bertz CT molecular complexity index is 1180. The van der Waals surface area contributed by atoms with E-state index >= 15 is 0 Å². The molecule has 35 heavy (non-hydrogen) atoms. The van der Waals surface area contributed by atoms with Gasteiger partial charge in [-0.25, -0.2) is 4.99 Å². The number of benzene rings is 2. The number of aliphatic imine (C=N–C) groups is 1. The summed E-state index contributed by atoms with van der Waals surface area (Å²) in [6.45, 7) is 8.26. The summed E-state index contributed by atoms with van der Waals surface area (Å²) in [6.07, 6.45) is 1.32. The predicted molar refractivity (Wildman–Crippen MR) is 135 cm³/mol. The second-order valence-electron chi connectivity index (χ2n) is 9.00. The van der Waals surface area contributed by atoms with Crippen LogP contribution in [-0.4, -0.2) is 11.6 Å². The molecule has 1 aliphatic rings. The van der Waals surface area contributed by atoms with Crippen LogP contribution in [0, 0.1) is 5.92 Å². The number of nitrogens with zero attached hydrogens (tertiary/aromatic N) is 1. The van der Waals surface area contributed by atoms with Crippen LogP contribution >= 0.6 is 0 Å². The Labute approximate surface area is 204 Å². The summed E-state index contributed by atoms with van der Waals surface area (Å²) < 4.78 is 39.3. The number of alkyl halides is 3. The Morgan fingerprint density at radius 2 is 1.94 bits per heavy atom. The van der Waals surface area contributed by atoms with E-state index in [2.05, 4.69) is 36.6 Å². The summed E-state index contributed by atoms with van der Waals surface area (Å²) in [5.74, 6) is 0.452. The Morgan fingerprint density at radius 1 is 1.20 bits per heavy atom. The number of nitrogen functional groups attached to an aromatic ring is 1. The predicted octanol–water partition coefficient (Wildman–Crippen LogP) is 6.87. The summed E-state index contributed by atoms with van der Waals surface area (Å²) in [5.41, 5.74) is 7.95. The number of hydrogen-bond acceptors (Lipinski definition) is 4. The molecule has 0 bridgehead atoms. The first-order valence-corrected chi connectivity index (χ1v) is 11.5. The van der Waals surface area contributed by atoms with Gasteiger partial charge in [0.25, 0.3) is 5.91 Å². The first-order chi connectivity index (χ1) is 16.4. The van der Waals surface area contributed by atoms with Gasteiger partial charge < -0.3 is 16.4 Å². The standard InChI is InChI=1S/C27H31F3N4O/c1-5-24(34-25-11-17(3)9-16(2)10-18(4)32-25)19-7-6-8-23(14-19)33-26(35)20-12-21(27(28,29)30)15-22(31)13-20/h6-8,10-15,17,24,34H,5,9,31H2,1-4H3,(H,33,35)/t17?,24-/m0/s1. The molecule has 0 saturated carbocycles. The molecule has 1 amide bonds. The second-order valence-corrected chi connectivity index (χ2v) is 9.00. The third-order valence-electron chi connectivity index (χ3n) is 5.66. The van der Waals surface area contributed by atoms with Crippen LogP contribution in [0.5, 0.6) is 0 Å². The fraction of sp³-hybridized carbons (Fsp3) is 0.333. The molecule has 5 nitrogen and oxygen atoms in total. The summed E-state index contributed by atoms with van der Waals surface area (Å²) in [5, 5.41) is 6.18. The van der Waals surface area contributed by atoms with Gasteiger partial charge in [0.05, 0.1) is 11.6 Å². The average molecular weight is 485 g/mol. The molecule has 0 aromatic heterocycles. The zero-order valence-corrected chi connectivity index (χ0v) is 20.3.